The highest BCUT2D eigenvalue weighted by molar-refractivity contribution is 6.30. The Labute approximate surface area is 193 Å². The largest absolute Gasteiger partial charge is 0.368 e. The molecule has 1 aliphatic rings. The minimum Gasteiger partial charge on any atom is -0.368 e. The number of amides is 1. The second kappa shape index (κ2) is 9.96. The quantitative estimate of drug-likeness (QED) is 0.434. The fourth-order valence-corrected chi connectivity index (χ4v) is 4.35. The van der Waals surface area contributed by atoms with Crippen LogP contribution in [0.2, 0.25) is 5.02 Å². The first-order valence-electron chi connectivity index (χ1n) is 10.9. The van der Waals surface area contributed by atoms with Crippen molar-refractivity contribution in [3.63, 3.8) is 0 Å². The van der Waals surface area contributed by atoms with E-state index in [0.29, 0.717) is 41.4 Å². The van der Waals surface area contributed by atoms with Gasteiger partial charge in [-0.25, -0.2) is 15.0 Å². The first-order chi connectivity index (χ1) is 15.5. The Bertz CT molecular complexity index is 1050. The third kappa shape index (κ3) is 5.16. The van der Waals surface area contributed by atoms with Gasteiger partial charge in [0.15, 0.2) is 0 Å². The predicted octanol–water partition coefficient (Wildman–Crippen LogP) is 4.62. The summed E-state index contributed by atoms with van der Waals surface area (Å²) in [5.41, 5.74) is 0.581. The maximum absolute atomic E-state index is 13.2. The van der Waals surface area contributed by atoms with Crippen LogP contribution in [0.1, 0.15) is 37.1 Å². The lowest BCUT2D eigenvalue weighted by atomic mass is 9.78. The molecule has 3 aromatic rings. The number of nitrogens with one attached hydrogen (secondary N) is 3. The molecule has 0 bridgehead atoms. The van der Waals surface area contributed by atoms with Crippen molar-refractivity contribution in [1.82, 2.24) is 20.3 Å². The van der Waals surface area contributed by atoms with Crippen LogP contribution in [0, 0.1) is 6.92 Å². The van der Waals surface area contributed by atoms with Crippen LogP contribution in [0.25, 0.3) is 0 Å². The van der Waals surface area contributed by atoms with Gasteiger partial charge < -0.3 is 16.0 Å². The maximum Gasteiger partial charge on any atom is 0.230 e. The van der Waals surface area contributed by atoms with Gasteiger partial charge in [0, 0.05) is 30.4 Å². The Kier molecular flexibility index (Phi) is 6.85. The lowest BCUT2D eigenvalue weighted by Crippen LogP contribution is -2.44. The van der Waals surface area contributed by atoms with Gasteiger partial charge in [-0.3, -0.25) is 4.79 Å². The second-order valence-electron chi connectivity index (χ2n) is 8.00. The number of benzene rings is 1. The van der Waals surface area contributed by atoms with Gasteiger partial charge in [0.25, 0.3) is 0 Å². The summed E-state index contributed by atoms with van der Waals surface area (Å²) >= 11 is 6.04. The molecular formula is C24H27ClN6O. The number of aromatic nitrogens is 3. The van der Waals surface area contributed by atoms with Crippen LogP contribution in [0.3, 0.4) is 0 Å². The van der Waals surface area contributed by atoms with Crippen LogP contribution in [-0.4, -0.2) is 33.9 Å². The highest BCUT2D eigenvalue weighted by Crippen LogP contribution is 2.41. The summed E-state index contributed by atoms with van der Waals surface area (Å²) in [7, 11) is 0. The van der Waals surface area contributed by atoms with E-state index in [9.17, 15) is 4.79 Å². The highest BCUT2D eigenvalue weighted by Gasteiger charge is 2.42. The average molecular weight is 451 g/mol. The number of carbonyl (C=O) groups is 1. The smallest absolute Gasteiger partial charge is 0.230 e. The van der Waals surface area contributed by atoms with Crippen molar-refractivity contribution in [1.29, 1.82) is 0 Å². The van der Waals surface area contributed by atoms with E-state index in [4.69, 9.17) is 11.6 Å². The molecule has 166 valence electrons. The molecular weight excluding hydrogens is 424 g/mol. The topological polar surface area (TPSA) is 91.8 Å². The van der Waals surface area contributed by atoms with Crippen molar-refractivity contribution in [3.8, 4) is 0 Å². The number of rotatable bonds is 8. The van der Waals surface area contributed by atoms with Crippen LogP contribution in [0.15, 0.2) is 54.7 Å². The van der Waals surface area contributed by atoms with Gasteiger partial charge in [-0.15, -0.1) is 0 Å². The zero-order valence-corrected chi connectivity index (χ0v) is 18.8. The normalized spacial score (nSPS) is 14.7. The number of hydrogen-bond acceptors (Lipinski definition) is 6. The number of carbonyl (C=O) groups excluding carboxylic acids is 1. The molecule has 1 aromatic carbocycles. The van der Waals surface area contributed by atoms with Crippen molar-refractivity contribution in [2.75, 3.05) is 23.7 Å². The van der Waals surface area contributed by atoms with E-state index < -0.39 is 5.41 Å². The van der Waals surface area contributed by atoms with E-state index >= 15 is 0 Å². The number of pyridine rings is 1. The first-order valence-corrected chi connectivity index (χ1v) is 11.2. The van der Waals surface area contributed by atoms with Crippen LogP contribution >= 0.6 is 11.6 Å². The van der Waals surface area contributed by atoms with Gasteiger partial charge in [0.1, 0.15) is 23.3 Å². The lowest BCUT2D eigenvalue weighted by Gasteiger charge is -2.28. The third-order valence-corrected chi connectivity index (χ3v) is 6.02. The van der Waals surface area contributed by atoms with Gasteiger partial charge in [-0.05, 0) is 49.6 Å². The number of hydrogen-bond donors (Lipinski definition) is 3. The molecule has 2 heterocycles. The zero-order valence-electron chi connectivity index (χ0n) is 18.1. The molecule has 1 saturated carbocycles. The molecule has 0 aliphatic heterocycles. The third-order valence-electron chi connectivity index (χ3n) is 5.76. The Morgan fingerprint density at radius 1 is 1.00 bits per heavy atom. The molecule has 0 saturated heterocycles. The summed E-state index contributed by atoms with van der Waals surface area (Å²) in [5.74, 6) is 2.79. The fourth-order valence-electron chi connectivity index (χ4n) is 4.22. The van der Waals surface area contributed by atoms with Crippen molar-refractivity contribution < 1.29 is 4.79 Å². The van der Waals surface area contributed by atoms with E-state index in [1.807, 2.05) is 55.5 Å². The van der Waals surface area contributed by atoms with Crippen molar-refractivity contribution in [2.24, 2.45) is 0 Å². The minimum atomic E-state index is -0.462. The second-order valence-corrected chi connectivity index (χ2v) is 8.44. The van der Waals surface area contributed by atoms with E-state index in [1.165, 1.54) is 0 Å². The standard InChI is InChI=1S/C24H27ClN6O/c1-17-29-21(16-22(30-17)31-20-6-2-5-13-26-20)27-14-15-28-23(32)24(11-3-4-12-24)18-7-9-19(25)10-8-18/h2,5-10,13,16H,3-4,11-12,14-15H2,1H3,(H,28,32)(H2,26,27,29,30,31). The Morgan fingerprint density at radius 2 is 1.75 bits per heavy atom. The molecule has 3 N–H and O–H groups in total. The summed E-state index contributed by atoms with van der Waals surface area (Å²) in [6.45, 7) is 2.90. The summed E-state index contributed by atoms with van der Waals surface area (Å²) in [5, 5.41) is 10.2. The van der Waals surface area contributed by atoms with Gasteiger partial charge in [0.2, 0.25) is 5.91 Å². The summed E-state index contributed by atoms with van der Waals surface area (Å²) in [4.78, 5) is 26.3. The Hall–Kier alpha value is -3.19. The van der Waals surface area contributed by atoms with Crippen LogP contribution in [0.4, 0.5) is 17.5 Å². The van der Waals surface area contributed by atoms with Crippen molar-refractivity contribution in [2.45, 2.75) is 38.0 Å². The zero-order chi connectivity index (χ0) is 22.4. The Morgan fingerprint density at radius 3 is 2.47 bits per heavy atom. The van der Waals surface area contributed by atoms with E-state index in [0.717, 1.165) is 31.2 Å². The first kappa shape index (κ1) is 22.0. The van der Waals surface area contributed by atoms with Crippen molar-refractivity contribution >= 4 is 35.0 Å². The molecule has 8 heteroatoms. The molecule has 4 rings (SSSR count). The van der Waals surface area contributed by atoms with Gasteiger partial charge in [0.05, 0.1) is 5.41 Å². The van der Waals surface area contributed by atoms with E-state index in [1.54, 1.807) is 6.20 Å². The van der Waals surface area contributed by atoms with Crippen molar-refractivity contribution in [3.05, 3.63) is 71.1 Å². The predicted molar refractivity (Wildman–Crippen MR) is 127 cm³/mol. The monoisotopic (exact) mass is 450 g/mol. The molecule has 1 amide bonds. The number of nitrogens with zero attached hydrogens (tertiary/aromatic N) is 3. The Balaban J connectivity index is 1.34. The van der Waals surface area contributed by atoms with E-state index in [-0.39, 0.29) is 5.91 Å². The number of anilines is 3. The van der Waals surface area contributed by atoms with Crippen LogP contribution in [0.5, 0.6) is 0 Å². The van der Waals surface area contributed by atoms with E-state index in [2.05, 4.69) is 30.9 Å². The SMILES string of the molecule is Cc1nc(NCCNC(=O)C2(c3ccc(Cl)cc3)CCCC2)cc(Nc2ccccn2)n1. The molecule has 7 nitrogen and oxygen atoms in total. The summed E-state index contributed by atoms with van der Waals surface area (Å²) in [6, 6.07) is 15.2. The van der Waals surface area contributed by atoms with Gasteiger partial charge >= 0.3 is 0 Å². The number of halogens is 1. The van der Waals surface area contributed by atoms with Gasteiger partial charge in [-0.1, -0.05) is 42.6 Å². The maximum atomic E-state index is 13.2. The molecule has 32 heavy (non-hydrogen) atoms. The molecule has 0 unspecified atom stereocenters. The van der Waals surface area contributed by atoms with Gasteiger partial charge in [-0.2, -0.15) is 0 Å². The molecule has 0 atom stereocenters. The highest BCUT2D eigenvalue weighted by atomic mass is 35.5. The average Bonchev–Trinajstić information content (AvgIpc) is 3.29. The summed E-state index contributed by atoms with van der Waals surface area (Å²) < 4.78 is 0. The molecule has 0 spiro atoms. The molecule has 1 fully saturated rings. The molecule has 2 aromatic heterocycles. The molecule has 0 radical (unpaired) electrons. The summed E-state index contributed by atoms with van der Waals surface area (Å²) in [6.07, 6.45) is 5.56. The minimum absolute atomic E-state index is 0.0792. The lowest BCUT2D eigenvalue weighted by molar-refractivity contribution is -0.126. The fraction of sp³-hybridized carbons (Fsp3) is 0.333. The van der Waals surface area contributed by atoms with Crippen LogP contribution < -0.4 is 16.0 Å². The number of aryl methyl sites for hydroxylation is 1. The van der Waals surface area contributed by atoms with Crippen LogP contribution in [-0.2, 0) is 10.2 Å². The molecule has 1 aliphatic carbocycles.